The molecule has 0 heterocycles. The number of rotatable bonds is 5. The molecule has 0 spiro atoms. The Morgan fingerprint density at radius 2 is 2.12 bits per heavy atom. The second-order valence-electron chi connectivity index (χ2n) is 3.33. The van der Waals surface area contributed by atoms with E-state index >= 15 is 0 Å². The van der Waals surface area contributed by atoms with Gasteiger partial charge in [0.15, 0.2) is 0 Å². The van der Waals surface area contributed by atoms with Crippen molar-refractivity contribution in [2.75, 3.05) is 18.9 Å². The zero-order chi connectivity index (χ0) is 12.0. The van der Waals surface area contributed by atoms with Gasteiger partial charge in [0.05, 0.1) is 0 Å². The zero-order valence-electron chi connectivity index (χ0n) is 9.37. The first-order valence-corrected chi connectivity index (χ1v) is 4.96. The summed E-state index contributed by atoms with van der Waals surface area (Å²) in [6.45, 7) is 0.556. The normalized spacial score (nSPS) is 9.88. The number of hydrogen-bond acceptors (Lipinski definition) is 2. The van der Waals surface area contributed by atoms with Crippen molar-refractivity contribution in [2.45, 2.75) is 12.8 Å². The van der Waals surface area contributed by atoms with E-state index in [2.05, 4.69) is 10.6 Å². The molecule has 0 fully saturated rings. The molecule has 6 heteroatoms. The first kappa shape index (κ1) is 15.8. The highest BCUT2D eigenvalue weighted by molar-refractivity contribution is 5.90. The SMILES string of the molecule is CNCCC(=O)Nc1cccc(C(F)F)c1.Cl. The highest BCUT2D eigenvalue weighted by Gasteiger charge is 2.08. The van der Waals surface area contributed by atoms with Gasteiger partial charge < -0.3 is 10.6 Å². The van der Waals surface area contributed by atoms with Gasteiger partial charge in [0, 0.05) is 24.2 Å². The van der Waals surface area contributed by atoms with Crippen molar-refractivity contribution < 1.29 is 13.6 Å². The summed E-state index contributed by atoms with van der Waals surface area (Å²) < 4.78 is 24.7. The van der Waals surface area contributed by atoms with Crippen LogP contribution in [0.3, 0.4) is 0 Å². The fourth-order valence-electron chi connectivity index (χ4n) is 1.21. The van der Waals surface area contributed by atoms with E-state index in [0.29, 0.717) is 18.7 Å². The van der Waals surface area contributed by atoms with E-state index < -0.39 is 6.43 Å². The molecule has 0 radical (unpaired) electrons. The summed E-state index contributed by atoms with van der Waals surface area (Å²) in [6, 6.07) is 5.69. The van der Waals surface area contributed by atoms with Gasteiger partial charge in [0.2, 0.25) is 5.91 Å². The second kappa shape index (κ2) is 7.97. The molecule has 96 valence electrons. The minimum absolute atomic E-state index is 0. The number of nitrogens with one attached hydrogen (secondary N) is 2. The van der Waals surface area contributed by atoms with E-state index in [9.17, 15) is 13.6 Å². The average molecular weight is 265 g/mol. The molecule has 0 bridgehead atoms. The lowest BCUT2D eigenvalue weighted by atomic mass is 10.2. The molecule has 0 aliphatic heterocycles. The topological polar surface area (TPSA) is 41.1 Å². The van der Waals surface area contributed by atoms with Crippen molar-refractivity contribution in [1.82, 2.24) is 5.32 Å². The van der Waals surface area contributed by atoms with Crippen LogP contribution in [0.25, 0.3) is 0 Å². The van der Waals surface area contributed by atoms with Gasteiger partial charge in [-0.05, 0) is 19.2 Å². The van der Waals surface area contributed by atoms with Gasteiger partial charge in [-0.2, -0.15) is 0 Å². The van der Waals surface area contributed by atoms with Crippen LogP contribution in [0.4, 0.5) is 14.5 Å². The third kappa shape index (κ3) is 5.60. The third-order valence-electron chi connectivity index (χ3n) is 2.02. The predicted octanol–water partition coefficient (Wildman–Crippen LogP) is 2.59. The molecule has 1 aromatic rings. The number of halogens is 3. The lowest BCUT2D eigenvalue weighted by Gasteiger charge is -2.06. The zero-order valence-corrected chi connectivity index (χ0v) is 10.2. The molecule has 2 N–H and O–H groups in total. The first-order chi connectivity index (χ1) is 7.63. The van der Waals surface area contributed by atoms with E-state index in [0.717, 1.165) is 0 Å². The van der Waals surface area contributed by atoms with Gasteiger partial charge >= 0.3 is 0 Å². The monoisotopic (exact) mass is 264 g/mol. The number of anilines is 1. The molecule has 17 heavy (non-hydrogen) atoms. The number of amides is 1. The summed E-state index contributed by atoms with van der Waals surface area (Å²) in [6.07, 6.45) is -2.20. The largest absolute Gasteiger partial charge is 0.326 e. The quantitative estimate of drug-likeness (QED) is 0.858. The standard InChI is InChI=1S/C11H14F2N2O.ClH/c1-14-6-5-10(16)15-9-4-2-3-8(7-9)11(12)13;/h2-4,7,11,14H,5-6H2,1H3,(H,15,16);1H. The van der Waals surface area contributed by atoms with Crippen LogP contribution in [0.1, 0.15) is 18.4 Å². The van der Waals surface area contributed by atoms with Crippen LogP contribution in [0.2, 0.25) is 0 Å². The van der Waals surface area contributed by atoms with E-state index in [4.69, 9.17) is 0 Å². The fourth-order valence-corrected chi connectivity index (χ4v) is 1.21. The smallest absolute Gasteiger partial charge is 0.263 e. The lowest BCUT2D eigenvalue weighted by Crippen LogP contribution is -2.18. The van der Waals surface area contributed by atoms with Gasteiger partial charge in [-0.25, -0.2) is 8.78 Å². The Bertz CT molecular complexity index is 361. The Balaban J connectivity index is 0.00000256. The van der Waals surface area contributed by atoms with Gasteiger partial charge in [-0.3, -0.25) is 4.79 Å². The minimum Gasteiger partial charge on any atom is -0.326 e. The van der Waals surface area contributed by atoms with Gasteiger partial charge in [-0.1, -0.05) is 12.1 Å². The molecule has 0 saturated heterocycles. The highest BCUT2D eigenvalue weighted by atomic mass is 35.5. The van der Waals surface area contributed by atoms with Crippen molar-refractivity contribution in [3.05, 3.63) is 29.8 Å². The van der Waals surface area contributed by atoms with Crippen molar-refractivity contribution in [3.63, 3.8) is 0 Å². The number of benzene rings is 1. The fraction of sp³-hybridized carbons (Fsp3) is 0.364. The van der Waals surface area contributed by atoms with Crippen LogP contribution >= 0.6 is 12.4 Å². The minimum atomic E-state index is -2.52. The van der Waals surface area contributed by atoms with Crippen LogP contribution in [0, 0.1) is 0 Å². The molecule has 0 saturated carbocycles. The van der Waals surface area contributed by atoms with E-state index in [1.165, 1.54) is 18.2 Å². The van der Waals surface area contributed by atoms with Crippen molar-refractivity contribution in [2.24, 2.45) is 0 Å². The van der Waals surface area contributed by atoms with Crippen molar-refractivity contribution in [3.8, 4) is 0 Å². The number of alkyl halides is 2. The lowest BCUT2D eigenvalue weighted by molar-refractivity contribution is -0.116. The maximum Gasteiger partial charge on any atom is 0.263 e. The van der Waals surface area contributed by atoms with Crippen LogP contribution in [0.5, 0.6) is 0 Å². The van der Waals surface area contributed by atoms with E-state index in [1.54, 1.807) is 13.1 Å². The van der Waals surface area contributed by atoms with Gasteiger partial charge in [0.25, 0.3) is 6.43 Å². The van der Waals surface area contributed by atoms with E-state index in [-0.39, 0.29) is 23.9 Å². The molecule has 1 rings (SSSR count). The Morgan fingerprint density at radius 3 is 2.71 bits per heavy atom. The summed E-state index contributed by atoms with van der Waals surface area (Å²) in [4.78, 5) is 11.3. The summed E-state index contributed by atoms with van der Waals surface area (Å²) >= 11 is 0. The molecule has 0 atom stereocenters. The van der Waals surface area contributed by atoms with Crippen LogP contribution in [-0.4, -0.2) is 19.5 Å². The van der Waals surface area contributed by atoms with E-state index in [1.807, 2.05) is 0 Å². The maximum atomic E-state index is 12.4. The summed E-state index contributed by atoms with van der Waals surface area (Å²) in [5.41, 5.74) is 0.310. The summed E-state index contributed by atoms with van der Waals surface area (Å²) in [7, 11) is 1.74. The number of hydrogen-bond donors (Lipinski definition) is 2. The maximum absolute atomic E-state index is 12.4. The molecule has 0 unspecified atom stereocenters. The molecule has 0 aliphatic rings. The molecular formula is C11H15ClF2N2O. The number of carbonyl (C=O) groups is 1. The molecule has 1 amide bonds. The Morgan fingerprint density at radius 1 is 1.41 bits per heavy atom. The van der Waals surface area contributed by atoms with Gasteiger partial charge in [-0.15, -0.1) is 12.4 Å². The van der Waals surface area contributed by atoms with Crippen LogP contribution in [0.15, 0.2) is 24.3 Å². The summed E-state index contributed by atoms with van der Waals surface area (Å²) in [5, 5.41) is 5.39. The average Bonchev–Trinajstić information content (AvgIpc) is 2.26. The Labute approximate surface area is 105 Å². The molecule has 3 nitrogen and oxygen atoms in total. The third-order valence-corrected chi connectivity index (χ3v) is 2.02. The first-order valence-electron chi connectivity index (χ1n) is 4.96. The molecule has 0 aromatic heterocycles. The summed E-state index contributed by atoms with van der Waals surface area (Å²) in [5.74, 6) is -0.194. The Hall–Kier alpha value is -1.20. The van der Waals surface area contributed by atoms with Gasteiger partial charge in [0.1, 0.15) is 0 Å². The molecule has 1 aromatic carbocycles. The second-order valence-corrected chi connectivity index (χ2v) is 3.33. The molecule has 0 aliphatic carbocycles. The highest BCUT2D eigenvalue weighted by Crippen LogP contribution is 2.21. The van der Waals surface area contributed by atoms with Crippen LogP contribution < -0.4 is 10.6 Å². The Kier molecular flexibility index (Phi) is 7.41. The molecular weight excluding hydrogens is 250 g/mol. The predicted molar refractivity (Wildman–Crippen MR) is 65.8 cm³/mol. The van der Waals surface area contributed by atoms with Crippen LogP contribution in [-0.2, 0) is 4.79 Å². The van der Waals surface area contributed by atoms with Crippen molar-refractivity contribution >= 4 is 24.0 Å². The number of carbonyl (C=O) groups excluding carboxylic acids is 1. The van der Waals surface area contributed by atoms with Crippen molar-refractivity contribution in [1.29, 1.82) is 0 Å².